The predicted octanol–water partition coefficient (Wildman–Crippen LogP) is 3.23. The van der Waals surface area contributed by atoms with Gasteiger partial charge in [-0.3, -0.25) is 0 Å². The van der Waals surface area contributed by atoms with Crippen LogP contribution in [-0.2, 0) is 0 Å². The van der Waals surface area contributed by atoms with E-state index in [1.165, 1.54) is 25.7 Å². The number of nitrogens with zero attached hydrogens (tertiary/aromatic N) is 4. The number of nitrogens with one attached hydrogen (secondary N) is 1. The van der Waals surface area contributed by atoms with Crippen LogP contribution in [0.25, 0.3) is 0 Å². The van der Waals surface area contributed by atoms with Crippen molar-refractivity contribution in [2.45, 2.75) is 46.0 Å². The minimum Gasteiger partial charge on any atom is -0.354 e. The molecule has 1 N–H and O–H groups in total. The SMILES string of the molecule is CCN1CCN(c2cc(C)nc(NCCC3=CCCCC3)n2)CC1. The van der Waals surface area contributed by atoms with Crippen molar-refractivity contribution in [2.75, 3.05) is 49.5 Å². The summed E-state index contributed by atoms with van der Waals surface area (Å²) in [6, 6.07) is 2.11. The smallest absolute Gasteiger partial charge is 0.224 e. The summed E-state index contributed by atoms with van der Waals surface area (Å²) in [4.78, 5) is 14.2. The summed E-state index contributed by atoms with van der Waals surface area (Å²) in [7, 11) is 0. The van der Waals surface area contributed by atoms with E-state index in [2.05, 4.69) is 46.1 Å². The Morgan fingerprint density at radius 2 is 1.96 bits per heavy atom. The Morgan fingerprint density at radius 3 is 2.67 bits per heavy atom. The minimum atomic E-state index is 0.777. The highest BCUT2D eigenvalue weighted by Gasteiger charge is 2.17. The molecule has 0 aromatic carbocycles. The van der Waals surface area contributed by atoms with Crippen molar-refractivity contribution in [3.63, 3.8) is 0 Å². The molecule has 0 saturated carbocycles. The third-order valence-electron chi connectivity index (χ3n) is 5.10. The highest BCUT2D eigenvalue weighted by Crippen LogP contribution is 2.20. The molecular weight excluding hydrogens is 298 g/mol. The van der Waals surface area contributed by atoms with Crippen molar-refractivity contribution >= 4 is 11.8 Å². The number of hydrogen-bond donors (Lipinski definition) is 1. The Labute approximate surface area is 146 Å². The second-order valence-electron chi connectivity index (χ2n) is 6.90. The standard InChI is InChI=1S/C19H31N5/c1-3-23-11-13-24(14-12-23)18-15-16(2)21-19(22-18)20-10-9-17-7-5-4-6-8-17/h7,15H,3-6,8-14H2,1-2H3,(H,20,21,22). The van der Waals surface area contributed by atoms with Crippen LogP contribution in [-0.4, -0.2) is 54.1 Å². The molecule has 5 nitrogen and oxygen atoms in total. The van der Waals surface area contributed by atoms with Gasteiger partial charge < -0.3 is 15.1 Å². The number of aryl methyl sites for hydroxylation is 1. The van der Waals surface area contributed by atoms with Crippen molar-refractivity contribution in [1.82, 2.24) is 14.9 Å². The highest BCUT2D eigenvalue weighted by molar-refractivity contribution is 5.45. The van der Waals surface area contributed by atoms with Gasteiger partial charge in [-0.05, 0) is 45.6 Å². The largest absolute Gasteiger partial charge is 0.354 e. The molecule has 1 aromatic rings. The monoisotopic (exact) mass is 329 g/mol. The summed E-state index contributed by atoms with van der Waals surface area (Å²) < 4.78 is 0. The molecule has 24 heavy (non-hydrogen) atoms. The molecule has 0 spiro atoms. The van der Waals surface area contributed by atoms with Gasteiger partial charge in [0.1, 0.15) is 5.82 Å². The zero-order valence-corrected chi connectivity index (χ0v) is 15.2. The van der Waals surface area contributed by atoms with E-state index in [0.717, 1.165) is 63.1 Å². The third-order valence-corrected chi connectivity index (χ3v) is 5.10. The molecule has 132 valence electrons. The van der Waals surface area contributed by atoms with Crippen LogP contribution in [0.1, 0.15) is 44.7 Å². The molecule has 3 rings (SSSR count). The lowest BCUT2D eigenvalue weighted by Gasteiger charge is -2.34. The number of allylic oxidation sites excluding steroid dienone is 1. The Balaban J connectivity index is 1.56. The lowest BCUT2D eigenvalue weighted by Crippen LogP contribution is -2.46. The number of rotatable bonds is 6. The van der Waals surface area contributed by atoms with Crippen LogP contribution < -0.4 is 10.2 Å². The van der Waals surface area contributed by atoms with E-state index in [1.807, 2.05) is 0 Å². The van der Waals surface area contributed by atoms with Gasteiger partial charge in [0.25, 0.3) is 0 Å². The Hall–Kier alpha value is -1.62. The molecular formula is C19H31N5. The lowest BCUT2D eigenvalue weighted by atomic mass is 9.97. The number of piperazine rings is 1. The molecule has 1 fully saturated rings. The maximum Gasteiger partial charge on any atom is 0.224 e. The van der Waals surface area contributed by atoms with E-state index in [1.54, 1.807) is 5.57 Å². The topological polar surface area (TPSA) is 44.3 Å². The van der Waals surface area contributed by atoms with Gasteiger partial charge in [0.15, 0.2) is 0 Å². The fraction of sp³-hybridized carbons (Fsp3) is 0.684. The van der Waals surface area contributed by atoms with Gasteiger partial charge >= 0.3 is 0 Å². The van der Waals surface area contributed by atoms with Crippen molar-refractivity contribution in [2.24, 2.45) is 0 Å². The van der Waals surface area contributed by atoms with Gasteiger partial charge in [-0.15, -0.1) is 0 Å². The van der Waals surface area contributed by atoms with Crippen molar-refractivity contribution in [3.05, 3.63) is 23.4 Å². The fourth-order valence-corrected chi connectivity index (χ4v) is 3.55. The fourth-order valence-electron chi connectivity index (χ4n) is 3.55. The zero-order chi connectivity index (χ0) is 16.8. The third kappa shape index (κ3) is 4.69. The molecule has 1 aromatic heterocycles. The molecule has 2 aliphatic rings. The zero-order valence-electron chi connectivity index (χ0n) is 15.2. The first-order valence-corrected chi connectivity index (χ1v) is 9.49. The number of aromatic nitrogens is 2. The van der Waals surface area contributed by atoms with E-state index in [0.29, 0.717) is 0 Å². The van der Waals surface area contributed by atoms with Crippen LogP contribution in [0, 0.1) is 6.92 Å². The van der Waals surface area contributed by atoms with Crippen LogP contribution >= 0.6 is 0 Å². The molecule has 1 aliphatic heterocycles. The molecule has 1 saturated heterocycles. The summed E-state index contributed by atoms with van der Waals surface area (Å²) in [5, 5.41) is 3.43. The first kappa shape index (κ1) is 17.2. The molecule has 5 heteroatoms. The van der Waals surface area contributed by atoms with Crippen molar-refractivity contribution in [3.8, 4) is 0 Å². The molecule has 0 amide bonds. The van der Waals surface area contributed by atoms with Gasteiger partial charge in [0, 0.05) is 44.5 Å². The molecule has 1 aliphatic carbocycles. The molecule has 2 heterocycles. The van der Waals surface area contributed by atoms with Gasteiger partial charge in [-0.1, -0.05) is 18.6 Å². The number of anilines is 2. The highest BCUT2D eigenvalue weighted by atomic mass is 15.3. The second kappa shape index (κ2) is 8.47. The summed E-state index contributed by atoms with van der Waals surface area (Å²) in [6.45, 7) is 10.7. The summed E-state index contributed by atoms with van der Waals surface area (Å²) in [6.07, 6.45) is 8.75. The van der Waals surface area contributed by atoms with Crippen LogP contribution in [0.15, 0.2) is 17.7 Å². The van der Waals surface area contributed by atoms with Crippen LogP contribution in [0.3, 0.4) is 0 Å². The quantitative estimate of drug-likeness (QED) is 0.812. The van der Waals surface area contributed by atoms with Crippen LogP contribution in [0.2, 0.25) is 0 Å². The van der Waals surface area contributed by atoms with Gasteiger partial charge in [-0.25, -0.2) is 4.98 Å². The first-order valence-electron chi connectivity index (χ1n) is 9.49. The maximum absolute atomic E-state index is 4.76. The number of hydrogen-bond acceptors (Lipinski definition) is 5. The predicted molar refractivity (Wildman–Crippen MR) is 101 cm³/mol. The Bertz CT molecular complexity index is 561. The molecule has 0 unspecified atom stereocenters. The Kier molecular flexibility index (Phi) is 6.07. The van der Waals surface area contributed by atoms with Gasteiger partial charge in [0.05, 0.1) is 0 Å². The normalized spacial score (nSPS) is 19.2. The first-order chi connectivity index (χ1) is 11.7. The maximum atomic E-state index is 4.76. The van der Waals surface area contributed by atoms with E-state index in [-0.39, 0.29) is 0 Å². The number of likely N-dealkylation sites (N-methyl/N-ethyl adjacent to an activating group) is 1. The molecule has 0 bridgehead atoms. The van der Waals surface area contributed by atoms with Crippen LogP contribution in [0.5, 0.6) is 0 Å². The van der Waals surface area contributed by atoms with Crippen molar-refractivity contribution in [1.29, 1.82) is 0 Å². The average molecular weight is 329 g/mol. The molecule has 0 radical (unpaired) electrons. The van der Waals surface area contributed by atoms with Crippen molar-refractivity contribution < 1.29 is 0 Å². The van der Waals surface area contributed by atoms with Gasteiger partial charge in [-0.2, -0.15) is 4.98 Å². The van der Waals surface area contributed by atoms with Crippen LogP contribution in [0.4, 0.5) is 11.8 Å². The summed E-state index contributed by atoms with van der Waals surface area (Å²) >= 11 is 0. The van der Waals surface area contributed by atoms with E-state index in [9.17, 15) is 0 Å². The second-order valence-corrected chi connectivity index (χ2v) is 6.90. The van der Waals surface area contributed by atoms with E-state index >= 15 is 0 Å². The average Bonchev–Trinajstić information content (AvgIpc) is 2.62. The van der Waals surface area contributed by atoms with E-state index in [4.69, 9.17) is 4.98 Å². The summed E-state index contributed by atoms with van der Waals surface area (Å²) in [5.74, 6) is 1.84. The minimum absolute atomic E-state index is 0.777. The summed E-state index contributed by atoms with van der Waals surface area (Å²) in [5.41, 5.74) is 2.63. The molecule has 0 atom stereocenters. The Morgan fingerprint density at radius 1 is 1.12 bits per heavy atom. The lowest BCUT2D eigenvalue weighted by molar-refractivity contribution is 0.270. The van der Waals surface area contributed by atoms with E-state index < -0.39 is 0 Å². The van der Waals surface area contributed by atoms with Gasteiger partial charge in [0.2, 0.25) is 5.95 Å².